The van der Waals surface area contributed by atoms with Crippen molar-refractivity contribution in [2.45, 2.75) is 13.8 Å². The van der Waals surface area contributed by atoms with Crippen molar-refractivity contribution in [2.24, 2.45) is 0 Å². The molecule has 49 valence electrons. The van der Waals surface area contributed by atoms with Gasteiger partial charge in [-0.15, -0.1) is 0 Å². The van der Waals surface area contributed by atoms with Gasteiger partial charge in [-0.25, -0.2) is 0 Å². The van der Waals surface area contributed by atoms with E-state index in [0.29, 0.717) is 6.61 Å². The maximum Gasteiger partial charge on any atom is 0.109 e. The molecule has 0 aromatic carbocycles. The van der Waals surface area contributed by atoms with Gasteiger partial charge in [0.2, 0.25) is 0 Å². The van der Waals surface area contributed by atoms with Gasteiger partial charge in [-0.3, -0.25) is 0 Å². The Labute approximate surface area is 50.8 Å². The second-order valence-electron chi connectivity index (χ2n) is 1.28. The molecular formula is C6H13O2. The van der Waals surface area contributed by atoms with Crippen LogP contribution in [0.15, 0.2) is 0 Å². The van der Waals surface area contributed by atoms with Gasteiger partial charge in [0, 0.05) is 13.2 Å². The zero-order valence-corrected chi connectivity index (χ0v) is 5.52. The summed E-state index contributed by atoms with van der Waals surface area (Å²) in [6.07, 6.45) is 0. The van der Waals surface area contributed by atoms with Crippen LogP contribution in [0.3, 0.4) is 0 Å². The topological polar surface area (TPSA) is 18.5 Å². The first-order valence-electron chi connectivity index (χ1n) is 2.92. The third kappa shape index (κ3) is 5.92. The molecule has 0 saturated carbocycles. The van der Waals surface area contributed by atoms with Crippen LogP contribution in [0, 0.1) is 6.61 Å². The molecule has 0 rings (SSSR count). The largest absolute Gasteiger partial charge is 0.379 e. The van der Waals surface area contributed by atoms with E-state index < -0.39 is 0 Å². The summed E-state index contributed by atoms with van der Waals surface area (Å²) >= 11 is 0. The molecular weight excluding hydrogens is 104 g/mol. The Morgan fingerprint density at radius 1 is 1.25 bits per heavy atom. The zero-order valence-electron chi connectivity index (χ0n) is 5.52. The smallest absolute Gasteiger partial charge is 0.109 e. The van der Waals surface area contributed by atoms with Crippen LogP contribution >= 0.6 is 0 Å². The van der Waals surface area contributed by atoms with Gasteiger partial charge in [0.1, 0.15) is 6.61 Å². The fraction of sp³-hybridized carbons (Fsp3) is 0.833. The monoisotopic (exact) mass is 117 g/mol. The first kappa shape index (κ1) is 7.92. The maximum absolute atomic E-state index is 4.96. The van der Waals surface area contributed by atoms with Crippen molar-refractivity contribution in [1.29, 1.82) is 0 Å². The van der Waals surface area contributed by atoms with Crippen LogP contribution in [0.4, 0.5) is 0 Å². The van der Waals surface area contributed by atoms with Crippen LogP contribution in [0.2, 0.25) is 0 Å². The first-order valence-corrected chi connectivity index (χ1v) is 2.92. The summed E-state index contributed by atoms with van der Waals surface area (Å²) in [5, 5.41) is 0. The molecule has 0 bridgehead atoms. The highest BCUT2D eigenvalue weighted by molar-refractivity contribution is 4.43. The Bertz CT molecular complexity index is 31.5. The molecule has 0 N–H and O–H groups in total. The van der Waals surface area contributed by atoms with Crippen LogP contribution < -0.4 is 0 Å². The van der Waals surface area contributed by atoms with Crippen molar-refractivity contribution in [3.8, 4) is 0 Å². The summed E-state index contributed by atoms with van der Waals surface area (Å²) in [5.41, 5.74) is 0. The molecule has 0 atom stereocenters. The van der Waals surface area contributed by atoms with E-state index in [1.54, 1.807) is 6.61 Å². The van der Waals surface area contributed by atoms with Gasteiger partial charge in [0.05, 0.1) is 6.61 Å². The lowest BCUT2D eigenvalue weighted by Gasteiger charge is -1.98. The lowest BCUT2D eigenvalue weighted by molar-refractivity contribution is 0.102. The fourth-order valence-corrected chi connectivity index (χ4v) is 0.332. The van der Waals surface area contributed by atoms with Crippen LogP contribution in [0.25, 0.3) is 0 Å². The molecule has 8 heavy (non-hydrogen) atoms. The summed E-state index contributed by atoms with van der Waals surface area (Å²) in [7, 11) is 0. The van der Waals surface area contributed by atoms with Crippen molar-refractivity contribution in [3.63, 3.8) is 0 Å². The van der Waals surface area contributed by atoms with Crippen molar-refractivity contribution in [1.82, 2.24) is 0 Å². The van der Waals surface area contributed by atoms with Gasteiger partial charge in [0.25, 0.3) is 0 Å². The lowest BCUT2D eigenvalue weighted by atomic mass is 10.7. The van der Waals surface area contributed by atoms with Crippen molar-refractivity contribution in [2.75, 3.05) is 19.8 Å². The Hall–Kier alpha value is -0.0800. The molecule has 0 aliphatic heterocycles. The van der Waals surface area contributed by atoms with E-state index in [1.165, 1.54) is 0 Å². The van der Waals surface area contributed by atoms with Crippen LogP contribution in [0.5, 0.6) is 0 Å². The van der Waals surface area contributed by atoms with E-state index in [0.717, 1.165) is 13.2 Å². The zero-order chi connectivity index (χ0) is 6.24. The molecule has 0 aliphatic rings. The highest BCUT2D eigenvalue weighted by Crippen LogP contribution is 1.81. The molecule has 0 fully saturated rings. The van der Waals surface area contributed by atoms with Crippen molar-refractivity contribution < 1.29 is 9.47 Å². The molecule has 0 heterocycles. The second kappa shape index (κ2) is 6.92. The van der Waals surface area contributed by atoms with Crippen molar-refractivity contribution in [3.05, 3.63) is 6.61 Å². The quantitative estimate of drug-likeness (QED) is 0.504. The molecule has 0 aromatic rings. The van der Waals surface area contributed by atoms with Gasteiger partial charge in [-0.2, -0.15) is 0 Å². The molecule has 2 heteroatoms. The molecule has 0 saturated heterocycles. The average molecular weight is 117 g/mol. The second-order valence-corrected chi connectivity index (χ2v) is 1.28. The van der Waals surface area contributed by atoms with E-state index in [9.17, 15) is 0 Å². The van der Waals surface area contributed by atoms with Crippen LogP contribution in [-0.4, -0.2) is 19.8 Å². The minimum absolute atomic E-state index is 0.602. The lowest BCUT2D eigenvalue weighted by Crippen LogP contribution is -1.96. The minimum atomic E-state index is 0.602. The van der Waals surface area contributed by atoms with E-state index >= 15 is 0 Å². The normalized spacial score (nSPS) is 9.75. The van der Waals surface area contributed by atoms with Gasteiger partial charge in [-0.1, -0.05) is 0 Å². The fourth-order valence-electron chi connectivity index (χ4n) is 0.332. The average Bonchev–Trinajstić information content (AvgIpc) is 1.81. The third-order valence-corrected chi connectivity index (χ3v) is 0.675. The Morgan fingerprint density at radius 3 is 2.50 bits per heavy atom. The molecule has 0 unspecified atom stereocenters. The maximum atomic E-state index is 4.96. The van der Waals surface area contributed by atoms with E-state index in [2.05, 4.69) is 0 Å². The highest BCUT2D eigenvalue weighted by Gasteiger charge is 1.82. The summed E-state index contributed by atoms with van der Waals surface area (Å²) in [6, 6.07) is 0. The van der Waals surface area contributed by atoms with E-state index in [-0.39, 0.29) is 0 Å². The van der Waals surface area contributed by atoms with E-state index in [4.69, 9.17) is 9.47 Å². The molecule has 0 spiro atoms. The number of hydrogen-bond acceptors (Lipinski definition) is 2. The summed E-state index contributed by atoms with van der Waals surface area (Å²) < 4.78 is 9.84. The molecule has 2 nitrogen and oxygen atoms in total. The van der Waals surface area contributed by atoms with Crippen molar-refractivity contribution >= 4 is 0 Å². The predicted octanol–water partition coefficient (Wildman–Crippen LogP) is 1.22. The SMILES string of the molecule is CCO[CH]COCC. The molecule has 0 amide bonds. The summed E-state index contributed by atoms with van der Waals surface area (Å²) in [4.78, 5) is 0. The molecule has 0 aliphatic carbocycles. The van der Waals surface area contributed by atoms with E-state index in [1.807, 2.05) is 13.8 Å². The number of hydrogen-bond donors (Lipinski definition) is 0. The van der Waals surface area contributed by atoms with Gasteiger partial charge in [-0.05, 0) is 13.8 Å². The Balaban J connectivity index is 2.53. The van der Waals surface area contributed by atoms with Gasteiger partial charge in [0.15, 0.2) is 0 Å². The Kier molecular flexibility index (Phi) is 6.85. The van der Waals surface area contributed by atoms with Crippen LogP contribution in [-0.2, 0) is 9.47 Å². The summed E-state index contributed by atoms with van der Waals surface area (Å²) in [5.74, 6) is 0. The van der Waals surface area contributed by atoms with Gasteiger partial charge >= 0.3 is 0 Å². The van der Waals surface area contributed by atoms with Gasteiger partial charge < -0.3 is 9.47 Å². The summed E-state index contributed by atoms with van der Waals surface area (Å²) in [6.45, 7) is 7.66. The number of ether oxygens (including phenoxy) is 2. The third-order valence-electron chi connectivity index (χ3n) is 0.675. The Morgan fingerprint density at radius 2 is 2.00 bits per heavy atom. The predicted molar refractivity (Wildman–Crippen MR) is 32.4 cm³/mol. The standard InChI is InChI=1S/C6H13O2/c1-3-7-5-6-8-4-2/h5H,3-4,6H2,1-2H3. The first-order chi connectivity index (χ1) is 3.91. The molecule has 0 aromatic heterocycles. The highest BCUT2D eigenvalue weighted by atomic mass is 16.5. The number of rotatable bonds is 5. The van der Waals surface area contributed by atoms with Crippen LogP contribution in [0.1, 0.15) is 13.8 Å². The molecule has 1 radical (unpaired) electrons. The minimum Gasteiger partial charge on any atom is -0.379 e.